The molecule has 0 aliphatic carbocycles. The highest BCUT2D eigenvalue weighted by Crippen LogP contribution is 2.35. The smallest absolute Gasteiger partial charge is 0.119 e. The van der Waals surface area contributed by atoms with Crippen LogP contribution in [0.1, 0.15) is 38.2 Å². The summed E-state index contributed by atoms with van der Waals surface area (Å²) in [6.45, 7) is 5.10. The summed E-state index contributed by atoms with van der Waals surface area (Å²) in [6.07, 6.45) is 4.85. The first kappa shape index (κ1) is 19.8. The van der Waals surface area contributed by atoms with E-state index >= 15 is 0 Å². The number of hydrogen-bond donors (Lipinski definition) is 1. The Morgan fingerprint density at radius 2 is 1.25 bits per heavy atom. The molecule has 0 atom stereocenters. The van der Waals surface area contributed by atoms with Gasteiger partial charge in [0.15, 0.2) is 0 Å². The van der Waals surface area contributed by atoms with Crippen molar-refractivity contribution in [2.45, 2.75) is 39.5 Å². The van der Waals surface area contributed by atoms with E-state index in [1.54, 1.807) is 0 Å². The van der Waals surface area contributed by atoms with Gasteiger partial charge < -0.3 is 15.4 Å². The topological polar surface area (TPSA) is 38.5 Å². The molecule has 0 amide bonds. The lowest BCUT2D eigenvalue weighted by atomic mass is 10.1. The SMILES string of the molecule is CCCCCCOc1ccc(N(c2ccc(C)cc2)c2ccc(N)cc2)cc1. The van der Waals surface area contributed by atoms with Gasteiger partial charge in [0.1, 0.15) is 5.75 Å². The van der Waals surface area contributed by atoms with E-state index in [4.69, 9.17) is 10.5 Å². The molecule has 3 nitrogen and oxygen atoms in total. The molecular formula is C25H30N2O. The summed E-state index contributed by atoms with van der Waals surface area (Å²) in [7, 11) is 0. The second-order valence-corrected chi connectivity index (χ2v) is 7.17. The lowest BCUT2D eigenvalue weighted by Crippen LogP contribution is -2.10. The third kappa shape index (κ3) is 5.29. The zero-order valence-corrected chi connectivity index (χ0v) is 16.9. The molecule has 0 aliphatic heterocycles. The molecule has 0 aromatic heterocycles. The quantitative estimate of drug-likeness (QED) is 0.323. The molecule has 2 N–H and O–H groups in total. The van der Waals surface area contributed by atoms with E-state index in [1.807, 2.05) is 36.4 Å². The largest absolute Gasteiger partial charge is 0.494 e. The highest BCUT2D eigenvalue weighted by molar-refractivity contribution is 5.77. The number of nitrogens with zero attached hydrogens (tertiary/aromatic N) is 1. The van der Waals surface area contributed by atoms with Crippen molar-refractivity contribution in [3.05, 3.63) is 78.4 Å². The summed E-state index contributed by atoms with van der Waals surface area (Å²) >= 11 is 0. The molecule has 0 heterocycles. The van der Waals surface area contributed by atoms with Crippen LogP contribution in [0.5, 0.6) is 5.75 Å². The van der Waals surface area contributed by atoms with E-state index in [9.17, 15) is 0 Å². The van der Waals surface area contributed by atoms with Crippen LogP contribution in [0.2, 0.25) is 0 Å². The molecule has 0 radical (unpaired) electrons. The van der Waals surface area contributed by atoms with E-state index in [-0.39, 0.29) is 0 Å². The molecule has 3 rings (SSSR count). The number of anilines is 4. The van der Waals surface area contributed by atoms with E-state index in [0.717, 1.165) is 41.5 Å². The van der Waals surface area contributed by atoms with Crippen molar-refractivity contribution in [2.24, 2.45) is 0 Å². The van der Waals surface area contributed by atoms with Crippen LogP contribution in [0.3, 0.4) is 0 Å². The molecule has 0 fully saturated rings. The number of ether oxygens (including phenoxy) is 1. The van der Waals surface area contributed by atoms with Gasteiger partial charge in [0, 0.05) is 22.7 Å². The summed E-state index contributed by atoms with van der Waals surface area (Å²) in [5.74, 6) is 0.918. The van der Waals surface area contributed by atoms with Crippen LogP contribution < -0.4 is 15.4 Å². The van der Waals surface area contributed by atoms with Gasteiger partial charge >= 0.3 is 0 Å². The molecule has 3 aromatic carbocycles. The number of aryl methyl sites for hydroxylation is 1. The van der Waals surface area contributed by atoms with Gasteiger partial charge in [-0.05, 0) is 74.0 Å². The summed E-state index contributed by atoms with van der Waals surface area (Å²) in [5.41, 5.74) is 11.2. The lowest BCUT2D eigenvalue weighted by Gasteiger charge is -2.26. The Kier molecular flexibility index (Phi) is 6.96. The fraction of sp³-hybridized carbons (Fsp3) is 0.280. The second kappa shape index (κ2) is 9.84. The number of rotatable bonds is 9. The number of nitrogen functional groups attached to an aromatic ring is 1. The van der Waals surface area contributed by atoms with Crippen LogP contribution in [0, 0.1) is 6.92 Å². The Morgan fingerprint density at radius 3 is 1.82 bits per heavy atom. The zero-order valence-electron chi connectivity index (χ0n) is 16.9. The summed E-state index contributed by atoms with van der Waals surface area (Å²) in [5, 5.41) is 0. The van der Waals surface area contributed by atoms with Crippen molar-refractivity contribution >= 4 is 22.7 Å². The maximum Gasteiger partial charge on any atom is 0.119 e. The van der Waals surface area contributed by atoms with Crippen molar-refractivity contribution in [1.82, 2.24) is 0 Å². The number of unbranched alkanes of at least 4 members (excludes halogenated alkanes) is 3. The first-order valence-electron chi connectivity index (χ1n) is 10.1. The van der Waals surface area contributed by atoms with Crippen LogP contribution >= 0.6 is 0 Å². The van der Waals surface area contributed by atoms with E-state index in [0.29, 0.717) is 0 Å². The second-order valence-electron chi connectivity index (χ2n) is 7.17. The Balaban J connectivity index is 1.80. The van der Waals surface area contributed by atoms with Gasteiger partial charge in [-0.2, -0.15) is 0 Å². The van der Waals surface area contributed by atoms with Gasteiger partial charge in [-0.3, -0.25) is 0 Å². The maximum absolute atomic E-state index is 5.90. The average molecular weight is 375 g/mol. The van der Waals surface area contributed by atoms with Gasteiger partial charge in [-0.1, -0.05) is 43.9 Å². The van der Waals surface area contributed by atoms with Gasteiger partial charge in [0.05, 0.1) is 6.61 Å². The molecule has 0 spiro atoms. The highest BCUT2D eigenvalue weighted by atomic mass is 16.5. The minimum atomic E-state index is 0.763. The standard InChI is InChI=1S/C25H30N2O/c1-3-4-5-6-19-28-25-17-15-24(16-18-25)27(22-11-7-20(2)8-12-22)23-13-9-21(26)10-14-23/h7-18H,3-6,19,26H2,1-2H3. The Morgan fingerprint density at radius 1 is 0.714 bits per heavy atom. The monoisotopic (exact) mass is 374 g/mol. The zero-order chi connectivity index (χ0) is 19.8. The molecule has 28 heavy (non-hydrogen) atoms. The molecule has 0 aliphatic rings. The molecule has 0 saturated heterocycles. The summed E-state index contributed by atoms with van der Waals surface area (Å²) in [4.78, 5) is 2.23. The molecule has 3 aromatic rings. The lowest BCUT2D eigenvalue weighted by molar-refractivity contribution is 0.305. The van der Waals surface area contributed by atoms with Crippen LogP contribution in [0.15, 0.2) is 72.8 Å². The third-order valence-corrected chi connectivity index (χ3v) is 4.80. The Bertz CT molecular complexity index is 794. The minimum Gasteiger partial charge on any atom is -0.494 e. The maximum atomic E-state index is 5.90. The average Bonchev–Trinajstić information content (AvgIpc) is 2.72. The Labute approximate surface area is 168 Å². The van der Waals surface area contributed by atoms with E-state index in [1.165, 1.54) is 24.8 Å². The van der Waals surface area contributed by atoms with Gasteiger partial charge in [-0.15, -0.1) is 0 Å². The molecule has 3 heteroatoms. The first-order valence-corrected chi connectivity index (χ1v) is 10.1. The molecule has 146 valence electrons. The van der Waals surface area contributed by atoms with Gasteiger partial charge in [0.25, 0.3) is 0 Å². The first-order chi connectivity index (χ1) is 13.7. The fourth-order valence-electron chi connectivity index (χ4n) is 3.17. The van der Waals surface area contributed by atoms with Crippen LogP contribution in [-0.2, 0) is 0 Å². The number of hydrogen-bond acceptors (Lipinski definition) is 3. The fourth-order valence-corrected chi connectivity index (χ4v) is 3.17. The predicted molar refractivity (Wildman–Crippen MR) is 120 cm³/mol. The third-order valence-electron chi connectivity index (χ3n) is 4.80. The van der Waals surface area contributed by atoms with Crippen molar-refractivity contribution < 1.29 is 4.74 Å². The van der Waals surface area contributed by atoms with Crippen molar-refractivity contribution in [3.8, 4) is 5.75 Å². The predicted octanol–water partition coefficient (Wildman–Crippen LogP) is 7.01. The molecule has 0 saturated carbocycles. The molecule has 0 bridgehead atoms. The van der Waals surface area contributed by atoms with Crippen molar-refractivity contribution in [3.63, 3.8) is 0 Å². The normalized spacial score (nSPS) is 10.6. The van der Waals surface area contributed by atoms with Crippen LogP contribution in [0.4, 0.5) is 22.7 Å². The molecule has 0 unspecified atom stereocenters. The van der Waals surface area contributed by atoms with E-state index < -0.39 is 0 Å². The van der Waals surface area contributed by atoms with Crippen molar-refractivity contribution in [1.29, 1.82) is 0 Å². The summed E-state index contributed by atoms with van der Waals surface area (Å²) in [6, 6.07) is 24.8. The number of nitrogens with two attached hydrogens (primary N) is 1. The van der Waals surface area contributed by atoms with Crippen LogP contribution in [-0.4, -0.2) is 6.61 Å². The molecular weight excluding hydrogens is 344 g/mol. The van der Waals surface area contributed by atoms with Crippen molar-refractivity contribution in [2.75, 3.05) is 17.2 Å². The summed E-state index contributed by atoms with van der Waals surface area (Å²) < 4.78 is 5.90. The van der Waals surface area contributed by atoms with E-state index in [2.05, 4.69) is 55.1 Å². The van der Waals surface area contributed by atoms with Crippen LogP contribution in [0.25, 0.3) is 0 Å². The minimum absolute atomic E-state index is 0.763. The highest BCUT2D eigenvalue weighted by Gasteiger charge is 2.12. The van der Waals surface area contributed by atoms with Gasteiger partial charge in [-0.25, -0.2) is 0 Å². The van der Waals surface area contributed by atoms with Gasteiger partial charge in [0.2, 0.25) is 0 Å². The Hall–Kier alpha value is -2.94. The number of benzene rings is 3.